The van der Waals surface area contributed by atoms with Gasteiger partial charge in [-0.25, -0.2) is 0 Å². The van der Waals surface area contributed by atoms with E-state index in [1.54, 1.807) is 0 Å². The summed E-state index contributed by atoms with van der Waals surface area (Å²) in [5, 5.41) is 3.17. The fraction of sp³-hybridized carbons (Fsp3) is 0.562. The third kappa shape index (κ3) is 2.86. The SMILES string of the molecule is NC1CCC(C(=O)NC2CCOC2c2ccccc2)C1. The second kappa shape index (κ2) is 5.94. The van der Waals surface area contributed by atoms with Crippen molar-refractivity contribution in [3.63, 3.8) is 0 Å². The minimum Gasteiger partial charge on any atom is -0.371 e. The van der Waals surface area contributed by atoms with Gasteiger partial charge < -0.3 is 15.8 Å². The summed E-state index contributed by atoms with van der Waals surface area (Å²) in [5.41, 5.74) is 7.02. The normalized spacial score (nSPS) is 33.2. The van der Waals surface area contributed by atoms with Crippen LogP contribution in [0.1, 0.15) is 37.4 Å². The number of amides is 1. The smallest absolute Gasteiger partial charge is 0.223 e. The van der Waals surface area contributed by atoms with Gasteiger partial charge in [0.15, 0.2) is 0 Å². The molecule has 4 atom stereocenters. The van der Waals surface area contributed by atoms with Gasteiger partial charge in [-0.3, -0.25) is 4.79 Å². The number of benzene rings is 1. The average molecular weight is 274 g/mol. The van der Waals surface area contributed by atoms with Crippen molar-refractivity contribution < 1.29 is 9.53 Å². The highest BCUT2D eigenvalue weighted by atomic mass is 16.5. The molecule has 1 aromatic rings. The predicted octanol–water partition coefficient (Wildman–Crippen LogP) is 1.76. The van der Waals surface area contributed by atoms with E-state index in [9.17, 15) is 4.79 Å². The molecule has 0 bridgehead atoms. The zero-order valence-electron chi connectivity index (χ0n) is 11.6. The number of carbonyl (C=O) groups excluding carboxylic acids is 1. The number of hydrogen-bond acceptors (Lipinski definition) is 3. The molecule has 0 radical (unpaired) electrons. The fourth-order valence-electron chi connectivity index (χ4n) is 3.26. The Morgan fingerprint density at radius 3 is 2.70 bits per heavy atom. The van der Waals surface area contributed by atoms with Crippen LogP contribution in [0.2, 0.25) is 0 Å². The van der Waals surface area contributed by atoms with Crippen molar-refractivity contribution in [2.45, 2.75) is 43.9 Å². The van der Waals surface area contributed by atoms with E-state index in [1.807, 2.05) is 18.2 Å². The molecule has 0 spiro atoms. The summed E-state index contributed by atoms with van der Waals surface area (Å²) in [6.07, 6.45) is 3.55. The highest BCUT2D eigenvalue weighted by molar-refractivity contribution is 5.79. The van der Waals surface area contributed by atoms with Gasteiger partial charge in [0.25, 0.3) is 0 Å². The van der Waals surface area contributed by atoms with Crippen LogP contribution in [0.3, 0.4) is 0 Å². The molecule has 0 aromatic heterocycles. The van der Waals surface area contributed by atoms with Gasteiger partial charge in [-0.2, -0.15) is 0 Å². The molecule has 1 heterocycles. The van der Waals surface area contributed by atoms with Crippen molar-refractivity contribution in [1.82, 2.24) is 5.32 Å². The fourth-order valence-corrected chi connectivity index (χ4v) is 3.26. The number of nitrogens with one attached hydrogen (secondary N) is 1. The van der Waals surface area contributed by atoms with Crippen molar-refractivity contribution >= 4 is 5.91 Å². The lowest BCUT2D eigenvalue weighted by Crippen LogP contribution is -2.40. The molecule has 1 amide bonds. The predicted molar refractivity (Wildman–Crippen MR) is 77.0 cm³/mol. The maximum absolute atomic E-state index is 12.3. The maximum atomic E-state index is 12.3. The molecule has 4 unspecified atom stereocenters. The third-order valence-corrected chi connectivity index (χ3v) is 4.39. The van der Waals surface area contributed by atoms with Crippen molar-refractivity contribution in [3.05, 3.63) is 35.9 Å². The van der Waals surface area contributed by atoms with Gasteiger partial charge in [0.05, 0.1) is 6.04 Å². The van der Waals surface area contributed by atoms with E-state index in [0.29, 0.717) is 6.61 Å². The summed E-state index contributed by atoms with van der Waals surface area (Å²) in [6, 6.07) is 10.4. The second-order valence-corrected chi connectivity index (χ2v) is 5.88. The van der Waals surface area contributed by atoms with Crippen molar-refractivity contribution in [1.29, 1.82) is 0 Å². The molecule has 2 aliphatic rings. The van der Waals surface area contributed by atoms with Gasteiger partial charge in [0.1, 0.15) is 6.10 Å². The van der Waals surface area contributed by atoms with E-state index in [4.69, 9.17) is 10.5 Å². The monoisotopic (exact) mass is 274 g/mol. The Morgan fingerprint density at radius 2 is 2.00 bits per heavy atom. The summed E-state index contributed by atoms with van der Waals surface area (Å²) < 4.78 is 5.80. The lowest BCUT2D eigenvalue weighted by Gasteiger charge is -2.22. The topological polar surface area (TPSA) is 64.4 Å². The second-order valence-electron chi connectivity index (χ2n) is 5.88. The van der Waals surface area contributed by atoms with E-state index < -0.39 is 0 Å². The minimum atomic E-state index is -0.0183. The van der Waals surface area contributed by atoms with Crippen molar-refractivity contribution in [3.8, 4) is 0 Å². The molecule has 1 saturated heterocycles. The van der Waals surface area contributed by atoms with E-state index in [1.165, 1.54) is 0 Å². The zero-order chi connectivity index (χ0) is 13.9. The molecule has 1 saturated carbocycles. The summed E-state index contributed by atoms with van der Waals surface area (Å²) in [4.78, 5) is 12.3. The van der Waals surface area contributed by atoms with Crippen molar-refractivity contribution in [2.75, 3.05) is 6.61 Å². The molecule has 4 heteroatoms. The number of rotatable bonds is 3. The molecule has 3 N–H and O–H groups in total. The van der Waals surface area contributed by atoms with Crippen LogP contribution in [0.5, 0.6) is 0 Å². The largest absolute Gasteiger partial charge is 0.371 e. The van der Waals surface area contributed by atoms with E-state index in [-0.39, 0.29) is 30.0 Å². The average Bonchev–Trinajstić information content (AvgIpc) is 3.09. The molecule has 1 aliphatic heterocycles. The molecular formula is C16H22N2O2. The molecule has 1 aliphatic carbocycles. The first-order valence-electron chi connectivity index (χ1n) is 7.46. The number of hydrogen-bond donors (Lipinski definition) is 2. The Hall–Kier alpha value is -1.39. The van der Waals surface area contributed by atoms with Gasteiger partial charge in [-0.15, -0.1) is 0 Å². The summed E-state index contributed by atoms with van der Waals surface area (Å²) in [6.45, 7) is 0.703. The standard InChI is InChI=1S/C16H22N2O2/c17-13-7-6-12(10-13)16(19)18-14-8-9-20-15(14)11-4-2-1-3-5-11/h1-5,12-15H,6-10,17H2,(H,18,19). The molecule has 1 aromatic carbocycles. The summed E-state index contributed by atoms with van der Waals surface area (Å²) in [5.74, 6) is 0.233. The van der Waals surface area contributed by atoms with Crippen LogP contribution in [0.4, 0.5) is 0 Å². The van der Waals surface area contributed by atoms with Crippen LogP contribution in [0.25, 0.3) is 0 Å². The first-order chi connectivity index (χ1) is 9.74. The van der Waals surface area contributed by atoms with Crippen molar-refractivity contribution in [2.24, 2.45) is 11.7 Å². The lowest BCUT2D eigenvalue weighted by molar-refractivity contribution is -0.126. The quantitative estimate of drug-likeness (QED) is 0.882. The zero-order valence-corrected chi connectivity index (χ0v) is 11.6. The Kier molecular flexibility index (Phi) is 4.03. The van der Waals surface area contributed by atoms with E-state index in [2.05, 4.69) is 17.4 Å². The third-order valence-electron chi connectivity index (χ3n) is 4.39. The number of ether oxygens (including phenoxy) is 1. The number of nitrogens with two attached hydrogens (primary N) is 1. The van der Waals surface area contributed by atoms with E-state index >= 15 is 0 Å². The Labute approximate surface area is 119 Å². The maximum Gasteiger partial charge on any atom is 0.223 e. The Morgan fingerprint density at radius 1 is 1.20 bits per heavy atom. The van der Waals surface area contributed by atoms with Gasteiger partial charge in [0.2, 0.25) is 5.91 Å². The molecule has 4 nitrogen and oxygen atoms in total. The highest BCUT2D eigenvalue weighted by Crippen LogP contribution is 2.30. The molecule has 2 fully saturated rings. The highest BCUT2D eigenvalue weighted by Gasteiger charge is 2.34. The summed E-state index contributed by atoms with van der Waals surface area (Å²) >= 11 is 0. The Balaban J connectivity index is 1.63. The number of carbonyl (C=O) groups is 1. The first kappa shape index (κ1) is 13.6. The van der Waals surface area contributed by atoms with Gasteiger partial charge in [0, 0.05) is 18.6 Å². The molecule has 3 rings (SSSR count). The van der Waals surface area contributed by atoms with Crippen LogP contribution in [-0.4, -0.2) is 24.6 Å². The van der Waals surface area contributed by atoms with Crippen LogP contribution in [0.15, 0.2) is 30.3 Å². The van der Waals surface area contributed by atoms with Crippen LogP contribution >= 0.6 is 0 Å². The van der Waals surface area contributed by atoms with Crippen LogP contribution in [0, 0.1) is 5.92 Å². The van der Waals surface area contributed by atoms with Gasteiger partial charge in [-0.05, 0) is 31.2 Å². The summed E-state index contributed by atoms with van der Waals surface area (Å²) in [7, 11) is 0. The van der Waals surface area contributed by atoms with Gasteiger partial charge >= 0.3 is 0 Å². The Bertz CT molecular complexity index is 463. The molecule has 108 valence electrons. The van der Waals surface area contributed by atoms with Crippen LogP contribution < -0.4 is 11.1 Å². The van der Waals surface area contributed by atoms with Crippen LogP contribution in [-0.2, 0) is 9.53 Å². The molecular weight excluding hydrogens is 252 g/mol. The van der Waals surface area contributed by atoms with Gasteiger partial charge in [-0.1, -0.05) is 30.3 Å². The lowest BCUT2D eigenvalue weighted by atomic mass is 10.0. The first-order valence-corrected chi connectivity index (χ1v) is 7.46. The molecule has 20 heavy (non-hydrogen) atoms. The van der Waals surface area contributed by atoms with E-state index in [0.717, 1.165) is 31.2 Å². The minimum absolute atomic E-state index is 0.0183.